The topological polar surface area (TPSA) is 66.5 Å². The van der Waals surface area contributed by atoms with Crippen LogP contribution < -0.4 is 5.32 Å². The molecule has 1 saturated carbocycles. The van der Waals surface area contributed by atoms with Crippen molar-refractivity contribution in [2.24, 2.45) is 16.7 Å². The van der Waals surface area contributed by atoms with E-state index < -0.39 is 5.41 Å². The van der Waals surface area contributed by atoms with Gasteiger partial charge in [0.2, 0.25) is 17.7 Å². The van der Waals surface area contributed by atoms with E-state index in [9.17, 15) is 14.4 Å². The first-order chi connectivity index (χ1) is 12.7. The maximum absolute atomic E-state index is 13.1. The zero-order valence-corrected chi connectivity index (χ0v) is 17.0. The molecule has 1 aromatic rings. The number of nitrogens with one attached hydrogen (secondary N) is 1. The van der Waals surface area contributed by atoms with E-state index in [-0.39, 0.29) is 35.6 Å². The summed E-state index contributed by atoms with van der Waals surface area (Å²) >= 11 is 0. The van der Waals surface area contributed by atoms with Crippen molar-refractivity contribution in [3.63, 3.8) is 0 Å². The largest absolute Gasteiger partial charge is 0.324 e. The molecule has 5 nitrogen and oxygen atoms in total. The van der Waals surface area contributed by atoms with Gasteiger partial charge in [-0.05, 0) is 42.2 Å². The molecule has 0 radical (unpaired) electrons. The van der Waals surface area contributed by atoms with E-state index in [4.69, 9.17) is 0 Å². The first-order valence-electron chi connectivity index (χ1n) is 9.93. The molecule has 1 aliphatic carbocycles. The van der Waals surface area contributed by atoms with Crippen LogP contribution in [0.25, 0.3) is 0 Å². The van der Waals surface area contributed by atoms with E-state index >= 15 is 0 Å². The quantitative estimate of drug-likeness (QED) is 0.806. The number of amides is 3. The lowest BCUT2D eigenvalue weighted by Gasteiger charge is -2.47. The summed E-state index contributed by atoms with van der Waals surface area (Å²) in [6.07, 6.45) is 3.02. The highest BCUT2D eigenvalue weighted by molar-refractivity contribution is 6.07. The number of hydrogen-bond acceptors (Lipinski definition) is 3. The third-order valence-corrected chi connectivity index (χ3v) is 7.07. The summed E-state index contributed by atoms with van der Waals surface area (Å²) in [7, 11) is 0. The minimum Gasteiger partial charge on any atom is -0.324 e. The van der Waals surface area contributed by atoms with Crippen molar-refractivity contribution in [3.05, 3.63) is 29.3 Å². The van der Waals surface area contributed by atoms with E-state index in [1.54, 1.807) is 0 Å². The molecule has 3 amide bonds. The van der Waals surface area contributed by atoms with Gasteiger partial charge in [0.25, 0.3) is 0 Å². The second-order valence-corrected chi connectivity index (χ2v) is 8.58. The fraction of sp³-hybridized carbons (Fsp3) is 0.591. The molecule has 0 aromatic heterocycles. The zero-order valence-electron chi connectivity index (χ0n) is 17.0. The Labute approximate surface area is 161 Å². The summed E-state index contributed by atoms with van der Waals surface area (Å²) < 4.78 is 0. The minimum atomic E-state index is -0.582. The van der Waals surface area contributed by atoms with Gasteiger partial charge in [-0.1, -0.05) is 52.8 Å². The van der Waals surface area contributed by atoms with E-state index in [0.29, 0.717) is 12.8 Å². The summed E-state index contributed by atoms with van der Waals surface area (Å²) in [5.74, 6) is -0.910. The fourth-order valence-corrected chi connectivity index (χ4v) is 4.78. The number of rotatable bonds is 5. The molecule has 2 atom stereocenters. The lowest BCUT2D eigenvalue weighted by molar-refractivity contribution is -0.168. The van der Waals surface area contributed by atoms with Crippen LogP contribution >= 0.6 is 0 Å². The number of carbonyl (C=O) groups is 3. The van der Waals surface area contributed by atoms with E-state index in [0.717, 1.165) is 29.7 Å². The number of fused-ring (bicyclic) bond motifs is 2. The molecular weight excluding hydrogens is 340 g/mol. The molecule has 1 saturated heterocycles. The van der Waals surface area contributed by atoms with Crippen LogP contribution in [0.15, 0.2) is 18.2 Å². The number of anilines is 1. The second kappa shape index (κ2) is 6.77. The van der Waals surface area contributed by atoms with Gasteiger partial charge in [-0.2, -0.15) is 0 Å². The van der Waals surface area contributed by atoms with Crippen molar-refractivity contribution in [2.75, 3.05) is 11.9 Å². The summed E-state index contributed by atoms with van der Waals surface area (Å²) in [6, 6.07) is 5.98. The Hall–Kier alpha value is -2.17. The van der Waals surface area contributed by atoms with Gasteiger partial charge in [0.05, 0.1) is 5.41 Å². The average Bonchev–Trinajstić information content (AvgIpc) is 2.83. The third kappa shape index (κ3) is 2.88. The Morgan fingerprint density at radius 2 is 1.74 bits per heavy atom. The van der Waals surface area contributed by atoms with Gasteiger partial charge >= 0.3 is 0 Å². The van der Waals surface area contributed by atoms with Crippen LogP contribution in [-0.2, 0) is 27.2 Å². The number of para-hydroxylation sites is 1. The Balaban J connectivity index is 1.82. The van der Waals surface area contributed by atoms with Crippen molar-refractivity contribution in [1.82, 2.24) is 4.90 Å². The van der Waals surface area contributed by atoms with Crippen LogP contribution in [0.4, 0.5) is 5.69 Å². The molecule has 2 fully saturated rings. The smallest absolute Gasteiger partial charge is 0.244 e. The maximum atomic E-state index is 13.1. The molecule has 1 aromatic carbocycles. The number of piperidine rings is 1. The lowest BCUT2D eigenvalue weighted by Crippen LogP contribution is -2.60. The van der Waals surface area contributed by atoms with Gasteiger partial charge < -0.3 is 5.32 Å². The van der Waals surface area contributed by atoms with Crippen LogP contribution in [0.5, 0.6) is 0 Å². The normalized spacial score (nSPS) is 26.4. The van der Waals surface area contributed by atoms with Gasteiger partial charge in [0, 0.05) is 11.6 Å². The Bertz CT molecular complexity index is 776. The molecule has 146 valence electrons. The van der Waals surface area contributed by atoms with Crippen LogP contribution in [0.1, 0.15) is 58.6 Å². The van der Waals surface area contributed by atoms with Gasteiger partial charge in [0.1, 0.15) is 6.54 Å². The SMILES string of the molecule is CCc1cccc(CC)c1NC(=O)CN1C(=O)C2CCC(C)(C1=O)C2(C)C. The Morgan fingerprint density at radius 3 is 2.30 bits per heavy atom. The molecule has 2 aliphatic rings. The van der Waals surface area contributed by atoms with Crippen molar-refractivity contribution in [2.45, 2.75) is 60.3 Å². The standard InChI is InChI=1S/C22H30N2O3/c1-6-14-9-8-10-15(7-2)18(14)23-17(25)13-24-19(26)16-11-12-22(5,20(24)27)21(16,3)4/h8-10,16H,6-7,11-13H2,1-5H3,(H,23,25). The predicted octanol–water partition coefficient (Wildman–Crippen LogP) is 3.56. The first kappa shape index (κ1) is 19.6. The van der Waals surface area contributed by atoms with Crippen molar-refractivity contribution in [1.29, 1.82) is 0 Å². The monoisotopic (exact) mass is 370 g/mol. The number of likely N-dealkylation sites (tertiary alicyclic amines) is 1. The summed E-state index contributed by atoms with van der Waals surface area (Å²) in [5.41, 5.74) is 2.00. The molecule has 2 unspecified atom stereocenters. The molecule has 1 N–H and O–H groups in total. The lowest BCUT2D eigenvalue weighted by atomic mass is 9.62. The summed E-state index contributed by atoms with van der Waals surface area (Å²) in [4.78, 5) is 39.9. The highest BCUT2D eigenvalue weighted by Gasteiger charge is 2.64. The molecule has 1 aliphatic heterocycles. The van der Waals surface area contributed by atoms with Gasteiger partial charge in [-0.25, -0.2) is 0 Å². The van der Waals surface area contributed by atoms with E-state index in [2.05, 4.69) is 5.32 Å². The molecule has 2 bridgehead atoms. The molecule has 27 heavy (non-hydrogen) atoms. The fourth-order valence-electron chi connectivity index (χ4n) is 4.78. The van der Waals surface area contributed by atoms with Crippen LogP contribution in [-0.4, -0.2) is 29.2 Å². The van der Waals surface area contributed by atoms with Gasteiger partial charge in [-0.15, -0.1) is 0 Å². The van der Waals surface area contributed by atoms with Crippen molar-refractivity contribution in [3.8, 4) is 0 Å². The van der Waals surface area contributed by atoms with Gasteiger partial charge in [0.15, 0.2) is 0 Å². The van der Waals surface area contributed by atoms with Crippen LogP contribution in [0.3, 0.4) is 0 Å². The highest BCUT2D eigenvalue weighted by atomic mass is 16.2. The van der Waals surface area contributed by atoms with Crippen LogP contribution in [0.2, 0.25) is 0 Å². The Morgan fingerprint density at radius 1 is 1.15 bits per heavy atom. The number of aryl methyl sites for hydroxylation is 2. The van der Waals surface area contributed by atoms with E-state index in [1.165, 1.54) is 4.90 Å². The maximum Gasteiger partial charge on any atom is 0.244 e. The predicted molar refractivity (Wildman–Crippen MR) is 105 cm³/mol. The highest BCUT2D eigenvalue weighted by Crippen LogP contribution is 2.59. The molecule has 0 spiro atoms. The molecule has 3 rings (SSSR count). The Kier molecular flexibility index (Phi) is 4.91. The third-order valence-electron chi connectivity index (χ3n) is 7.07. The molecular formula is C22H30N2O3. The van der Waals surface area contributed by atoms with Gasteiger partial charge in [-0.3, -0.25) is 19.3 Å². The number of nitrogens with zero attached hydrogens (tertiary/aromatic N) is 1. The number of imide groups is 1. The molecule has 5 heteroatoms. The number of hydrogen-bond donors (Lipinski definition) is 1. The zero-order chi connectivity index (χ0) is 20.0. The number of benzene rings is 1. The molecule has 1 heterocycles. The average molecular weight is 370 g/mol. The first-order valence-corrected chi connectivity index (χ1v) is 9.93. The second-order valence-electron chi connectivity index (χ2n) is 8.58. The van der Waals surface area contributed by atoms with Crippen molar-refractivity contribution < 1.29 is 14.4 Å². The summed E-state index contributed by atoms with van der Waals surface area (Å²) in [5, 5.41) is 2.97. The van der Waals surface area contributed by atoms with Crippen LogP contribution in [0, 0.1) is 16.7 Å². The van der Waals surface area contributed by atoms with E-state index in [1.807, 2.05) is 52.8 Å². The summed E-state index contributed by atoms with van der Waals surface area (Å²) in [6.45, 7) is 9.83. The van der Waals surface area contributed by atoms with Crippen molar-refractivity contribution >= 4 is 23.4 Å². The minimum absolute atomic E-state index is 0.192. The number of carbonyl (C=O) groups excluding carboxylic acids is 3.